The third kappa shape index (κ3) is 4.98. The minimum Gasteiger partial charge on any atom is -0.486 e. The molecule has 0 atom stereocenters. The van der Waals surface area contributed by atoms with Gasteiger partial charge >= 0.3 is 0 Å². The molecule has 3 aromatic carbocycles. The number of amidine groups is 2. The standard InChI is InChI=1S/C29H21Cl2N5O2S/c1-17-6-2-5-9-25(17)38-16-26-34-36-27(32)21(28(37)33-29(36)39-26)13-19-15-35(24-8-4-3-7-20(19)24)14-18-10-11-22(30)23(31)12-18/h2-13,15,32H,14,16H2,1H3/b21-13-,32-27?. The maximum atomic E-state index is 13.0. The molecule has 3 heterocycles. The summed E-state index contributed by atoms with van der Waals surface area (Å²) in [6.07, 6.45) is 3.67. The molecule has 0 aliphatic carbocycles. The average molecular weight is 574 g/mol. The number of nitrogens with zero attached hydrogens (tertiary/aromatic N) is 4. The van der Waals surface area contributed by atoms with Crippen molar-refractivity contribution in [3.8, 4) is 5.75 Å². The molecule has 1 aromatic heterocycles. The number of para-hydroxylation sites is 2. The Morgan fingerprint density at radius 1 is 1.05 bits per heavy atom. The van der Waals surface area contributed by atoms with Crippen LogP contribution in [-0.2, 0) is 11.3 Å². The second-order valence-corrected chi connectivity index (χ2v) is 10.9. The van der Waals surface area contributed by atoms with Crippen LogP contribution in [0.1, 0.15) is 16.7 Å². The molecule has 2 aliphatic rings. The van der Waals surface area contributed by atoms with E-state index in [1.165, 1.54) is 16.8 Å². The van der Waals surface area contributed by atoms with E-state index in [9.17, 15) is 4.79 Å². The van der Waals surface area contributed by atoms with Gasteiger partial charge in [-0.25, -0.2) is 0 Å². The van der Waals surface area contributed by atoms with E-state index in [2.05, 4.69) is 14.7 Å². The minimum atomic E-state index is -0.476. The van der Waals surface area contributed by atoms with Crippen LogP contribution in [0.25, 0.3) is 17.0 Å². The first-order chi connectivity index (χ1) is 18.9. The molecule has 1 amide bonds. The van der Waals surface area contributed by atoms with Crippen molar-refractivity contribution in [2.24, 2.45) is 10.1 Å². The summed E-state index contributed by atoms with van der Waals surface area (Å²) >= 11 is 13.5. The topological polar surface area (TPSA) is 83.0 Å². The van der Waals surface area contributed by atoms with E-state index in [4.69, 9.17) is 33.3 Å². The number of hydrogen-bond acceptors (Lipinski definition) is 5. The quantitative estimate of drug-likeness (QED) is 0.251. The molecule has 0 unspecified atom stereocenters. The van der Waals surface area contributed by atoms with E-state index < -0.39 is 5.91 Å². The highest BCUT2D eigenvalue weighted by molar-refractivity contribution is 8.27. The lowest BCUT2D eigenvalue weighted by atomic mass is 10.1. The molecular formula is C29H21Cl2N5O2S. The predicted molar refractivity (Wildman–Crippen MR) is 159 cm³/mol. The van der Waals surface area contributed by atoms with Crippen LogP contribution < -0.4 is 4.74 Å². The number of carbonyl (C=O) groups excluding carboxylic acids is 1. The molecule has 194 valence electrons. The number of amides is 1. The second kappa shape index (κ2) is 10.4. The van der Waals surface area contributed by atoms with Crippen LogP contribution in [0.4, 0.5) is 0 Å². The molecule has 6 rings (SSSR count). The molecule has 2 aliphatic heterocycles. The van der Waals surface area contributed by atoms with Gasteiger partial charge in [0.15, 0.2) is 5.84 Å². The third-order valence-electron chi connectivity index (χ3n) is 6.40. The molecule has 0 spiro atoms. The first kappa shape index (κ1) is 25.4. The smallest absolute Gasteiger partial charge is 0.283 e. The van der Waals surface area contributed by atoms with Gasteiger partial charge in [-0.15, -0.1) is 0 Å². The van der Waals surface area contributed by atoms with Crippen molar-refractivity contribution in [1.29, 1.82) is 5.41 Å². The van der Waals surface area contributed by atoms with Crippen LogP contribution in [-0.4, -0.2) is 38.1 Å². The molecule has 4 aromatic rings. The fourth-order valence-electron chi connectivity index (χ4n) is 4.46. The molecule has 0 saturated heterocycles. The number of carbonyl (C=O) groups is 1. The van der Waals surface area contributed by atoms with Gasteiger partial charge in [-0.1, -0.05) is 65.7 Å². The van der Waals surface area contributed by atoms with Crippen LogP contribution >= 0.6 is 35.0 Å². The maximum absolute atomic E-state index is 13.0. The number of benzene rings is 3. The van der Waals surface area contributed by atoms with E-state index in [1.807, 2.05) is 73.8 Å². The summed E-state index contributed by atoms with van der Waals surface area (Å²) in [6, 6.07) is 21.2. The SMILES string of the molecule is Cc1ccccc1OCC1=NN2C(=N)/C(=C/c3cn(Cc4ccc(Cl)c(Cl)c4)c4ccccc34)C(=O)N=C2S1. The summed E-state index contributed by atoms with van der Waals surface area (Å²) in [5.74, 6) is 0.262. The average Bonchev–Trinajstić information content (AvgIpc) is 3.49. The second-order valence-electron chi connectivity index (χ2n) is 9.05. The molecular weight excluding hydrogens is 553 g/mol. The molecule has 1 N–H and O–H groups in total. The molecule has 0 saturated carbocycles. The van der Waals surface area contributed by atoms with Crippen molar-refractivity contribution < 1.29 is 9.53 Å². The number of ether oxygens (including phenoxy) is 1. The lowest BCUT2D eigenvalue weighted by Crippen LogP contribution is -2.35. The Morgan fingerprint density at radius 2 is 1.85 bits per heavy atom. The Hall–Kier alpha value is -3.85. The summed E-state index contributed by atoms with van der Waals surface area (Å²) in [4.78, 5) is 17.3. The van der Waals surface area contributed by atoms with Crippen molar-refractivity contribution in [3.05, 3.63) is 105 Å². The number of hydrogen-bond donors (Lipinski definition) is 1. The number of aliphatic imine (C=N–C) groups is 1. The highest BCUT2D eigenvalue weighted by Gasteiger charge is 2.36. The molecule has 7 nitrogen and oxygen atoms in total. The maximum Gasteiger partial charge on any atom is 0.283 e. The Kier molecular flexibility index (Phi) is 6.76. The van der Waals surface area contributed by atoms with Crippen molar-refractivity contribution in [2.45, 2.75) is 13.5 Å². The van der Waals surface area contributed by atoms with Crippen LogP contribution in [0, 0.1) is 12.3 Å². The fraction of sp³-hybridized carbons (Fsp3) is 0.103. The molecule has 10 heteroatoms. The Morgan fingerprint density at radius 3 is 2.67 bits per heavy atom. The molecule has 0 radical (unpaired) electrons. The number of aryl methyl sites for hydroxylation is 1. The molecule has 0 fully saturated rings. The van der Waals surface area contributed by atoms with Crippen molar-refractivity contribution in [3.63, 3.8) is 0 Å². The monoisotopic (exact) mass is 573 g/mol. The zero-order chi connectivity index (χ0) is 27.1. The Labute approximate surface area is 238 Å². The van der Waals surface area contributed by atoms with Gasteiger partial charge in [-0.05, 0) is 60.2 Å². The number of aromatic nitrogens is 1. The molecule has 0 bridgehead atoms. The van der Waals surface area contributed by atoms with E-state index in [1.54, 1.807) is 12.1 Å². The zero-order valence-corrected chi connectivity index (χ0v) is 23.0. The van der Waals surface area contributed by atoms with E-state index in [0.29, 0.717) is 26.8 Å². The number of halogens is 2. The van der Waals surface area contributed by atoms with Gasteiger partial charge in [-0.2, -0.15) is 15.1 Å². The molecule has 39 heavy (non-hydrogen) atoms. The number of thioether (sulfide) groups is 1. The highest BCUT2D eigenvalue weighted by atomic mass is 35.5. The van der Waals surface area contributed by atoms with Gasteiger partial charge < -0.3 is 9.30 Å². The van der Waals surface area contributed by atoms with E-state index >= 15 is 0 Å². The van der Waals surface area contributed by atoms with Crippen LogP contribution in [0.15, 0.2) is 88.6 Å². The van der Waals surface area contributed by atoms with Crippen molar-refractivity contribution in [2.75, 3.05) is 6.61 Å². The van der Waals surface area contributed by atoms with Crippen LogP contribution in [0.2, 0.25) is 10.0 Å². The first-order valence-corrected chi connectivity index (χ1v) is 13.6. The van der Waals surface area contributed by atoms with Crippen molar-refractivity contribution >= 4 is 73.9 Å². The van der Waals surface area contributed by atoms with E-state index in [0.717, 1.165) is 33.3 Å². The summed E-state index contributed by atoms with van der Waals surface area (Å²) in [5, 5.41) is 17.6. The first-order valence-electron chi connectivity index (χ1n) is 12.1. The van der Waals surface area contributed by atoms with Gasteiger partial charge in [-0.3, -0.25) is 10.2 Å². The van der Waals surface area contributed by atoms with Gasteiger partial charge in [0, 0.05) is 29.2 Å². The summed E-state index contributed by atoms with van der Waals surface area (Å²) in [5.41, 5.74) is 3.96. The summed E-state index contributed by atoms with van der Waals surface area (Å²) in [6.45, 7) is 2.75. The summed E-state index contributed by atoms with van der Waals surface area (Å²) in [7, 11) is 0. The highest BCUT2D eigenvalue weighted by Crippen LogP contribution is 2.31. The van der Waals surface area contributed by atoms with E-state index in [-0.39, 0.29) is 18.0 Å². The summed E-state index contributed by atoms with van der Waals surface area (Å²) < 4.78 is 7.98. The number of hydrazone groups is 1. The minimum absolute atomic E-state index is 0.0234. The lowest BCUT2D eigenvalue weighted by molar-refractivity contribution is -0.114. The number of nitrogens with one attached hydrogen (secondary N) is 1. The van der Waals surface area contributed by atoms with Gasteiger partial charge in [0.2, 0.25) is 5.17 Å². The van der Waals surface area contributed by atoms with Gasteiger partial charge in [0.05, 0.1) is 15.6 Å². The number of fused-ring (bicyclic) bond motifs is 2. The predicted octanol–water partition coefficient (Wildman–Crippen LogP) is 7.00. The Balaban J connectivity index is 1.28. The lowest BCUT2D eigenvalue weighted by Gasteiger charge is -2.20. The third-order valence-corrected chi connectivity index (χ3v) is 8.02. The fourth-order valence-corrected chi connectivity index (χ4v) is 5.58. The number of rotatable bonds is 6. The zero-order valence-electron chi connectivity index (χ0n) is 20.7. The Bertz CT molecular complexity index is 1760. The van der Waals surface area contributed by atoms with Crippen LogP contribution in [0.5, 0.6) is 5.75 Å². The van der Waals surface area contributed by atoms with Crippen molar-refractivity contribution in [1.82, 2.24) is 9.58 Å². The van der Waals surface area contributed by atoms with Gasteiger partial charge in [0.1, 0.15) is 17.4 Å². The largest absolute Gasteiger partial charge is 0.486 e. The normalized spacial score (nSPS) is 16.1. The van der Waals surface area contributed by atoms with Crippen LogP contribution in [0.3, 0.4) is 0 Å². The van der Waals surface area contributed by atoms with Gasteiger partial charge in [0.25, 0.3) is 5.91 Å².